The average molecular weight is 535 g/mol. The summed E-state index contributed by atoms with van der Waals surface area (Å²) in [7, 11) is 0. The van der Waals surface area contributed by atoms with Gasteiger partial charge in [0.1, 0.15) is 6.10 Å². The van der Waals surface area contributed by atoms with Gasteiger partial charge in [0.2, 0.25) is 0 Å². The molecule has 3 nitrogen and oxygen atoms in total. The number of aryl methyl sites for hydroxylation is 1. The van der Waals surface area contributed by atoms with Crippen LogP contribution in [0.25, 0.3) is 0 Å². The van der Waals surface area contributed by atoms with Crippen molar-refractivity contribution in [2.45, 2.75) is 140 Å². The van der Waals surface area contributed by atoms with Crippen molar-refractivity contribution < 1.29 is 15.0 Å². The third-order valence-electron chi connectivity index (χ3n) is 11.2. The summed E-state index contributed by atoms with van der Waals surface area (Å²) < 4.78 is 0. The largest absolute Gasteiger partial charge is 0.387 e. The number of benzene rings is 1. The lowest BCUT2D eigenvalue weighted by molar-refractivity contribution is -0.118. The van der Waals surface area contributed by atoms with Crippen LogP contribution in [0.4, 0.5) is 0 Å². The second kappa shape index (κ2) is 9.69. The van der Waals surface area contributed by atoms with E-state index in [1.165, 1.54) is 28.7 Å². The number of fused-ring (bicyclic) bond motifs is 3. The van der Waals surface area contributed by atoms with Gasteiger partial charge in [-0.05, 0) is 122 Å². The number of ketones is 1. The van der Waals surface area contributed by atoms with Crippen LogP contribution < -0.4 is 0 Å². The molecule has 5 atom stereocenters. The van der Waals surface area contributed by atoms with Gasteiger partial charge in [0.25, 0.3) is 0 Å². The Hall–Kier alpha value is -1.71. The number of allylic oxidation sites excluding steroid dienone is 1. The van der Waals surface area contributed by atoms with Gasteiger partial charge < -0.3 is 10.2 Å². The highest BCUT2D eigenvalue weighted by molar-refractivity contribution is 5.95. The molecule has 2 N–H and O–H groups in total. The average Bonchev–Trinajstić information content (AvgIpc) is 2.76. The van der Waals surface area contributed by atoms with E-state index in [0.717, 1.165) is 54.4 Å². The molecule has 4 rings (SSSR count). The maximum Gasteiger partial charge on any atom is 0.158 e. The van der Waals surface area contributed by atoms with Gasteiger partial charge >= 0.3 is 0 Å². The van der Waals surface area contributed by atoms with E-state index in [9.17, 15) is 15.0 Å². The van der Waals surface area contributed by atoms with E-state index in [1.54, 1.807) is 6.92 Å². The molecular weight excluding hydrogens is 480 g/mol. The fraction of sp³-hybridized carbons (Fsp3) is 0.694. The zero-order valence-electron chi connectivity index (χ0n) is 26.9. The SMILES string of the molecule is CC(=O)C1=C(C)CC2(C)CC3(C)Cc4c(C(C)C)cc(CCCC(C)(C)C)c(C)c4C(O)C3=C(C)C2(C)C1O. The highest BCUT2D eigenvalue weighted by Gasteiger charge is 2.62. The number of carbonyl (C=O) groups is 1. The molecule has 0 aromatic heterocycles. The Kier molecular flexibility index (Phi) is 7.52. The second-order valence-corrected chi connectivity index (χ2v) is 15.7. The quantitative estimate of drug-likeness (QED) is 0.372. The Morgan fingerprint density at radius 2 is 1.69 bits per heavy atom. The van der Waals surface area contributed by atoms with E-state index in [-0.39, 0.29) is 16.6 Å². The van der Waals surface area contributed by atoms with Gasteiger partial charge in [-0.1, -0.05) is 72.6 Å². The normalized spacial score (nSPS) is 32.8. The van der Waals surface area contributed by atoms with Crippen LogP contribution in [0.15, 0.2) is 28.4 Å². The van der Waals surface area contributed by atoms with Crippen molar-refractivity contribution in [3.8, 4) is 0 Å². The minimum absolute atomic E-state index is 0.0405. The summed E-state index contributed by atoms with van der Waals surface area (Å²) in [5, 5.41) is 24.2. The number of aliphatic hydroxyl groups excluding tert-OH is 2. The molecule has 1 aromatic rings. The Balaban J connectivity index is 1.92. The van der Waals surface area contributed by atoms with Crippen LogP contribution in [-0.2, 0) is 17.6 Å². The summed E-state index contributed by atoms with van der Waals surface area (Å²) in [6.45, 7) is 26.2. The van der Waals surface area contributed by atoms with Crippen LogP contribution in [-0.4, -0.2) is 22.1 Å². The summed E-state index contributed by atoms with van der Waals surface area (Å²) in [5.41, 5.74) is 9.47. The monoisotopic (exact) mass is 534 g/mol. The van der Waals surface area contributed by atoms with Crippen LogP contribution >= 0.6 is 0 Å². The van der Waals surface area contributed by atoms with Crippen LogP contribution in [0.1, 0.15) is 142 Å². The van der Waals surface area contributed by atoms with E-state index in [4.69, 9.17) is 0 Å². The van der Waals surface area contributed by atoms with Gasteiger partial charge in [0.15, 0.2) is 5.78 Å². The minimum atomic E-state index is -0.865. The van der Waals surface area contributed by atoms with Gasteiger partial charge in [-0.25, -0.2) is 0 Å². The van der Waals surface area contributed by atoms with Crippen molar-refractivity contribution in [3.05, 3.63) is 56.2 Å². The predicted molar refractivity (Wildman–Crippen MR) is 162 cm³/mol. The third-order valence-corrected chi connectivity index (χ3v) is 11.2. The number of hydrogen-bond acceptors (Lipinski definition) is 3. The minimum Gasteiger partial charge on any atom is -0.387 e. The number of rotatable bonds is 5. The fourth-order valence-electron chi connectivity index (χ4n) is 9.12. The van der Waals surface area contributed by atoms with E-state index in [0.29, 0.717) is 16.9 Å². The topological polar surface area (TPSA) is 57.5 Å². The third kappa shape index (κ3) is 4.60. The molecule has 3 aliphatic rings. The van der Waals surface area contributed by atoms with Gasteiger partial charge in [-0.3, -0.25) is 4.79 Å². The van der Waals surface area contributed by atoms with E-state index < -0.39 is 17.6 Å². The van der Waals surface area contributed by atoms with Crippen LogP contribution in [0, 0.1) is 28.6 Å². The molecule has 0 saturated carbocycles. The standard InChI is InChI=1S/C36H54O3/c1-20(2)26-16-25(14-13-15-33(7,8)9)22(4)29-27(26)18-34(10)19-35(11)17-21(3)28(24(6)37)32(39)36(35,12)23(5)30(34)31(29)38/h16,20,31-32,38-39H,13-15,17-19H2,1-12H3. The summed E-state index contributed by atoms with van der Waals surface area (Å²) in [6.07, 6.45) is 4.36. The lowest BCUT2D eigenvalue weighted by atomic mass is 9.42. The molecule has 0 saturated heterocycles. The Morgan fingerprint density at radius 3 is 2.23 bits per heavy atom. The van der Waals surface area contributed by atoms with E-state index in [1.807, 2.05) is 6.92 Å². The van der Waals surface area contributed by atoms with Gasteiger partial charge in [0.05, 0.1) is 6.10 Å². The smallest absolute Gasteiger partial charge is 0.158 e. The van der Waals surface area contributed by atoms with Crippen LogP contribution in [0.3, 0.4) is 0 Å². The molecule has 0 radical (unpaired) electrons. The Labute approximate surface area is 238 Å². The van der Waals surface area contributed by atoms with Gasteiger partial charge in [0, 0.05) is 11.0 Å². The molecule has 3 heteroatoms. The summed E-state index contributed by atoms with van der Waals surface area (Å²) >= 11 is 0. The lowest BCUT2D eigenvalue weighted by Crippen LogP contribution is -2.58. The molecule has 216 valence electrons. The van der Waals surface area contributed by atoms with Crippen LogP contribution in [0.2, 0.25) is 0 Å². The van der Waals surface area contributed by atoms with Crippen LogP contribution in [0.5, 0.6) is 0 Å². The Morgan fingerprint density at radius 1 is 1.08 bits per heavy atom. The summed E-state index contributed by atoms with van der Waals surface area (Å²) in [5.74, 6) is 0.341. The van der Waals surface area contributed by atoms with Crippen molar-refractivity contribution in [1.29, 1.82) is 0 Å². The predicted octanol–water partition coefficient (Wildman–Crippen LogP) is 8.49. The first-order valence-electron chi connectivity index (χ1n) is 15.2. The number of Topliss-reactive ketones (excluding diaryl/α,β-unsaturated/α-hetero) is 1. The van der Waals surface area contributed by atoms with E-state index >= 15 is 0 Å². The summed E-state index contributed by atoms with van der Waals surface area (Å²) in [4.78, 5) is 12.7. The molecule has 0 bridgehead atoms. The highest BCUT2D eigenvalue weighted by atomic mass is 16.3. The molecule has 0 amide bonds. The first-order valence-corrected chi connectivity index (χ1v) is 15.2. The molecule has 5 unspecified atom stereocenters. The van der Waals surface area contributed by atoms with Gasteiger partial charge in [-0.2, -0.15) is 0 Å². The first kappa shape index (κ1) is 30.3. The second-order valence-electron chi connectivity index (χ2n) is 15.7. The zero-order valence-corrected chi connectivity index (χ0v) is 26.9. The Bertz CT molecular complexity index is 1250. The molecular formula is C36H54O3. The maximum atomic E-state index is 12.7. The van der Waals surface area contributed by atoms with Crippen molar-refractivity contribution >= 4 is 5.78 Å². The van der Waals surface area contributed by atoms with Crippen molar-refractivity contribution in [2.75, 3.05) is 0 Å². The molecule has 0 spiro atoms. The molecule has 3 aliphatic carbocycles. The molecule has 0 fully saturated rings. The van der Waals surface area contributed by atoms with Gasteiger partial charge in [-0.15, -0.1) is 0 Å². The molecule has 39 heavy (non-hydrogen) atoms. The summed E-state index contributed by atoms with van der Waals surface area (Å²) in [6, 6.07) is 2.45. The number of aliphatic hydroxyl groups is 2. The molecule has 1 aromatic carbocycles. The number of carbonyl (C=O) groups excluding carboxylic acids is 1. The maximum absolute atomic E-state index is 12.7. The van der Waals surface area contributed by atoms with Crippen molar-refractivity contribution in [3.63, 3.8) is 0 Å². The van der Waals surface area contributed by atoms with Crippen molar-refractivity contribution in [2.24, 2.45) is 21.7 Å². The number of hydrogen-bond donors (Lipinski definition) is 2. The highest BCUT2D eigenvalue weighted by Crippen LogP contribution is 2.69. The van der Waals surface area contributed by atoms with Crippen molar-refractivity contribution in [1.82, 2.24) is 0 Å². The molecule has 0 heterocycles. The zero-order chi connectivity index (χ0) is 29.5. The lowest BCUT2D eigenvalue weighted by Gasteiger charge is -2.63. The van der Waals surface area contributed by atoms with E-state index in [2.05, 4.69) is 75.3 Å². The fourth-order valence-corrected chi connectivity index (χ4v) is 9.12. The first-order chi connectivity index (χ1) is 17.8. The molecule has 0 aliphatic heterocycles.